The number of rotatable bonds is 0. The van der Waals surface area contributed by atoms with Crippen molar-refractivity contribution in [1.82, 2.24) is 0 Å². The van der Waals surface area contributed by atoms with Crippen LogP contribution in [0.15, 0.2) is 0 Å². The van der Waals surface area contributed by atoms with Crippen LogP contribution in [0.1, 0.15) is 39.5 Å². The normalized spacial score (nSPS) is 60.6. The first-order valence-corrected chi connectivity index (χ1v) is 4.67. The average Bonchev–Trinajstić information content (AvgIpc) is 2.51. The van der Waals surface area contributed by atoms with Crippen LogP contribution in [-0.4, -0.2) is 0 Å². The third-order valence-corrected chi connectivity index (χ3v) is 5.04. The SMILES string of the molecule is CC1(C)C2CCC13CC3C2. The van der Waals surface area contributed by atoms with Crippen molar-refractivity contribution >= 4 is 0 Å². The molecule has 0 radical (unpaired) electrons. The van der Waals surface area contributed by atoms with E-state index in [2.05, 4.69) is 13.8 Å². The Morgan fingerprint density at radius 1 is 1.20 bits per heavy atom. The van der Waals surface area contributed by atoms with Gasteiger partial charge in [-0.15, -0.1) is 0 Å². The Balaban J connectivity index is 2.12. The average molecular weight is 136 g/mol. The van der Waals surface area contributed by atoms with Crippen LogP contribution in [0, 0.1) is 22.7 Å². The molecule has 0 nitrogen and oxygen atoms in total. The molecule has 1 spiro atoms. The molecule has 2 bridgehead atoms. The minimum Gasteiger partial charge on any atom is -0.0591 e. The summed E-state index contributed by atoms with van der Waals surface area (Å²) in [6.45, 7) is 5.02. The van der Waals surface area contributed by atoms with Crippen molar-refractivity contribution in [3.8, 4) is 0 Å². The van der Waals surface area contributed by atoms with Gasteiger partial charge in [0, 0.05) is 0 Å². The Morgan fingerprint density at radius 2 is 2.00 bits per heavy atom. The van der Waals surface area contributed by atoms with Gasteiger partial charge >= 0.3 is 0 Å². The molecular formula is C10H16. The minimum atomic E-state index is 0.734. The highest BCUT2D eigenvalue weighted by Gasteiger charge is 2.72. The largest absolute Gasteiger partial charge is 0.0591 e. The molecule has 3 rings (SSSR count). The van der Waals surface area contributed by atoms with Crippen molar-refractivity contribution in [1.29, 1.82) is 0 Å². The predicted molar refractivity (Wildman–Crippen MR) is 41.7 cm³/mol. The van der Waals surface area contributed by atoms with Crippen LogP contribution in [0.25, 0.3) is 0 Å². The summed E-state index contributed by atoms with van der Waals surface area (Å²) in [5.41, 5.74) is 1.61. The van der Waals surface area contributed by atoms with E-state index in [0.717, 1.165) is 16.7 Å². The lowest BCUT2D eigenvalue weighted by atomic mass is 9.77. The van der Waals surface area contributed by atoms with Crippen molar-refractivity contribution in [2.45, 2.75) is 39.5 Å². The van der Waals surface area contributed by atoms with Gasteiger partial charge in [0.15, 0.2) is 0 Å². The molecule has 0 aromatic heterocycles. The standard InChI is InChI=1S/C10H16/c1-9(2)7-3-4-10(9)6-8(10)5-7/h7-8H,3-6H2,1-2H3. The molecule has 0 aliphatic heterocycles. The number of fused-ring (bicyclic) bond motifs is 1. The molecule has 3 aliphatic rings. The van der Waals surface area contributed by atoms with Crippen LogP contribution >= 0.6 is 0 Å². The summed E-state index contributed by atoms with van der Waals surface area (Å²) < 4.78 is 0. The van der Waals surface area contributed by atoms with Gasteiger partial charge in [0.1, 0.15) is 0 Å². The first-order valence-electron chi connectivity index (χ1n) is 4.67. The summed E-state index contributed by atoms with van der Waals surface area (Å²) in [4.78, 5) is 0. The van der Waals surface area contributed by atoms with Gasteiger partial charge in [0.2, 0.25) is 0 Å². The van der Waals surface area contributed by atoms with Gasteiger partial charge in [0.25, 0.3) is 0 Å². The highest BCUT2D eigenvalue weighted by atomic mass is 14.8. The van der Waals surface area contributed by atoms with Gasteiger partial charge < -0.3 is 0 Å². The predicted octanol–water partition coefficient (Wildman–Crippen LogP) is 2.83. The second kappa shape index (κ2) is 1.19. The Kier molecular flexibility index (Phi) is 0.669. The lowest BCUT2D eigenvalue weighted by Gasteiger charge is -2.27. The van der Waals surface area contributed by atoms with Crippen molar-refractivity contribution in [3.63, 3.8) is 0 Å². The maximum atomic E-state index is 2.51. The Labute approximate surface area is 63.0 Å². The van der Waals surface area contributed by atoms with Crippen molar-refractivity contribution < 1.29 is 0 Å². The summed E-state index contributed by atoms with van der Waals surface area (Å²) in [6, 6.07) is 0. The number of hydrogen-bond acceptors (Lipinski definition) is 0. The van der Waals surface area contributed by atoms with E-state index in [4.69, 9.17) is 0 Å². The third kappa shape index (κ3) is 0.339. The molecule has 56 valence electrons. The summed E-state index contributed by atoms with van der Waals surface area (Å²) in [5.74, 6) is 2.27. The molecule has 3 fully saturated rings. The van der Waals surface area contributed by atoms with E-state index in [1.54, 1.807) is 25.7 Å². The molecular weight excluding hydrogens is 120 g/mol. The van der Waals surface area contributed by atoms with Crippen LogP contribution in [0.3, 0.4) is 0 Å². The summed E-state index contributed by atoms with van der Waals surface area (Å²) in [5, 5.41) is 0. The van der Waals surface area contributed by atoms with Crippen molar-refractivity contribution in [2.75, 3.05) is 0 Å². The Bertz CT molecular complexity index is 192. The van der Waals surface area contributed by atoms with E-state index in [9.17, 15) is 0 Å². The highest BCUT2D eigenvalue weighted by Crippen LogP contribution is 2.81. The molecule has 10 heavy (non-hydrogen) atoms. The highest BCUT2D eigenvalue weighted by molar-refractivity contribution is 5.21. The molecule has 0 aromatic rings. The molecule has 0 heteroatoms. The summed E-state index contributed by atoms with van der Waals surface area (Å²) >= 11 is 0. The maximum Gasteiger partial charge on any atom is -0.0212 e. The molecule has 0 N–H and O–H groups in total. The molecule has 0 heterocycles. The lowest BCUT2D eigenvalue weighted by molar-refractivity contribution is 0.209. The minimum absolute atomic E-state index is 0.734. The van der Waals surface area contributed by atoms with Gasteiger partial charge in [-0.2, -0.15) is 0 Å². The van der Waals surface area contributed by atoms with E-state index in [1.165, 1.54) is 5.92 Å². The van der Waals surface area contributed by atoms with Crippen LogP contribution < -0.4 is 0 Å². The van der Waals surface area contributed by atoms with Gasteiger partial charge in [-0.25, -0.2) is 0 Å². The zero-order valence-electron chi connectivity index (χ0n) is 6.98. The van der Waals surface area contributed by atoms with Gasteiger partial charge in [-0.05, 0) is 48.3 Å². The van der Waals surface area contributed by atoms with E-state index in [-0.39, 0.29) is 0 Å². The first-order chi connectivity index (χ1) is 4.67. The third-order valence-electron chi connectivity index (χ3n) is 5.04. The molecule has 0 amide bonds. The van der Waals surface area contributed by atoms with Crippen LogP contribution in [-0.2, 0) is 0 Å². The monoisotopic (exact) mass is 136 g/mol. The number of hydrogen-bond donors (Lipinski definition) is 0. The van der Waals surface area contributed by atoms with E-state index < -0.39 is 0 Å². The van der Waals surface area contributed by atoms with Crippen LogP contribution in [0.2, 0.25) is 0 Å². The van der Waals surface area contributed by atoms with Crippen LogP contribution in [0.4, 0.5) is 0 Å². The first kappa shape index (κ1) is 5.62. The van der Waals surface area contributed by atoms with E-state index in [1.807, 2.05) is 0 Å². The Hall–Kier alpha value is 0. The van der Waals surface area contributed by atoms with Crippen molar-refractivity contribution in [2.24, 2.45) is 22.7 Å². The summed E-state index contributed by atoms with van der Waals surface area (Å²) in [6.07, 6.45) is 6.27. The second-order valence-corrected chi connectivity index (χ2v) is 5.25. The summed E-state index contributed by atoms with van der Waals surface area (Å²) in [7, 11) is 0. The second-order valence-electron chi connectivity index (χ2n) is 5.25. The lowest BCUT2D eigenvalue weighted by Crippen LogP contribution is -2.21. The molecule has 0 aromatic carbocycles. The zero-order chi connectivity index (χ0) is 6.98. The zero-order valence-corrected chi connectivity index (χ0v) is 6.98. The topological polar surface area (TPSA) is 0 Å². The van der Waals surface area contributed by atoms with E-state index in [0.29, 0.717) is 0 Å². The Morgan fingerprint density at radius 3 is 2.30 bits per heavy atom. The fourth-order valence-corrected chi connectivity index (χ4v) is 4.06. The van der Waals surface area contributed by atoms with E-state index >= 15 is 0 Å². The fourth-order valence-electron chi connectivity index (χ4n) is 4.06. The van der Waals surface area contributed by atoms with Gasteiger partial charge in [-0.3, -0.25) is 0 Å². The van der Waals surface area contributed by atoms with Crippen molar-refractivity contribution in [3.05, 3.63) is 0 Å². The van der Waals surface area contributed by atoms with Gasteiger partial charge in [-0.1, -0.05) is 13.8 Å². The molecule has 3 atom stereocenters. The fraction of sp³-hybridized carbons (Fsp3) is 1.00. The molecule has 3 saturated carbocycles. The maximum absolute atomic E-state index is 2.51. The van der Waals surface area contributed by atoms with Gasteiger partial charge in [0.05, 0.1) is 0 Å². The molecule has 3 aliphatic carbocycles. The van der Waals surface area contributed by atoms with Crippen LogP contribution in [0.5, 0.6) is 0 Å². The molecule has 0 saturated heterocycles. The quantitative estimate of drug-likeness (QED) is 0.480. The molecule has 3 unspecified atom stereocenters. The smallest absolute Gasteiger partial charge is 0.0212 e.